The van der Waals surface area contributed by atoms with Crippen LogP contribution in [-0.2, 0) is 6.42 Å². The van der Waals surface area contributed by atoms with Gasteiger partial charge in [0.25, 0.3) is 0 Å². The summed E-state index contributed by atoms with van der Waals surface area (Å²) in [5.74, 6) is 0. The summed E-state index contributed by atoms with van der Waals surface area (Å²) in [7, 11) is 3.62. The Morgan fingerprint density at radius 1 is 0.960 bits per heavy atom. The third-order valence-corrected chi connectivity index (χ3v) is 4.63. The number of rotatable bonds is 5. The van der Waals surface area contributed by atoms with Crippen LogP contribution in [0.4, 0.5) is 4.79 Å². The molecule has 1 heterocycles. The predicted octanol–water partition coefficient (Wildman–Crippen LogP) is 5.57. The quantitative estimate of drug-likeness (QED) is 0.560. The molecule has 3 aromatic rings. The minimum atomic E-state index is -0.00297. The van der Waals surface area contributed by atoms with E-state index in [-0.39, 0.29) is 6.03 Å². The van der Waals surface area contributed by atoms with Crippen molar-refractivity contribution in [2.24, 2.45) is 0 Å². The molecule has 0 spiro atoms. The standard InChI is InChI=1S/C22H26N2O/c1-4-5-7-15-19-18-14-10-11-16-20(18)24(22(25)23(2)3)21(19)17-12-8-6-9-13-17/h6,8-14,16H,4-5,7,15H2,1-3H3. The van der Waals surface area contributed by atoms with Crippen molar-refractivity contribution in [2.45, 2.75) is 32.6 Å². The number of hydrogen-bond acceptors (Lipinski definition) is 1. The molecule has 2 aromatic carbocycles. The van der Waals surface area contributed by atoms with Gasteiger partial charge in [-0.2, -0.15) is 0 Å². The Morgan fingerprint density at radius 3 is 2.32 bits per heavy atom. The topological polar surface area (TPSA) is 25.2 Å². The first-order valence-electron chi connectivity index (χ1n) is 9.04. The summed E-state index contributed by atoms with van der Waals surface area (Å²) < 4.78 is 1.88. The summed E-state index contributed by atoms with van der Waals surface area (Å²) in [5.41, 5.74) is 4.41. The van der Waals surface area contributed by atoms with Crippen LogP contribution in [0.25, 0.3) is 22.2 Å². The molecule has 1 amide bonds. The Morgan fingerprint density at radius 2 is 1.64 bits per heavy atom. The van der Waals surface area contributed by atoms with Crippen LogP contribution < -0.4 is 0 Å². The van der Waals surface area contributed by atoms with Gasteiger partial charge in [-0.3, -0.25) is 4.57 Å². The Hall–Kier alpha value is -2.55. The fourth-order valence-corrected chi connectivity index (χ4v) is 3.41. The molecule has 1 aromatic heterocycles. The number of aromatic nitrogens is 1. The first kappa shape index (κ1) is 17.3. The third-order valence-electron chi connectivity index (χ3n) is 4.63. The van der Waals surface area contributed by atoms with Gasteiger partial charge in [0, 0.05) is 19.5 Å². The van der Waals surface area contributed by atoms with Gasteiger partial charge in [0.15, 0.2) is 0 Å². The Balaban J connectivity index is 2.29. The first-order valence-corrected chi connectivity index (χ1v) is 9.04. The minimum absolute atomic E-state index is 0.00297. The minimum Gasteiger partial charge on any atom is -0.330 e. The van der Waals surface area contributed by atoms with Gasteiger partial charge in [0.05, 0.1) is 11.2 Å². The average Bonchev–Trinajstić information content (AvgIpc) is 2.96. The van der Waals surface area contributed by atoms with Gasteiger partial charge in [-0.25, -0.2) is 4.79 Å². The van der Waals surface area contributed by atoms with E-state index in [0.717, 1.165) is 29.6 Å². The maximum absolute atomic E-state index is 13.0. The van der Waals surface area contributed by atoms with Gasteiger partial charge in [-0.15, -0.1) is 0 Å². The first-order chi connectivity index (χ1) is 12.1. The van der Waals surface area contributed by atoms with Crippen LogP contribution in [0.15, 0.2) is 54.6 Å². The van der Waals surface area contributed by atoms with E-state index in [1.165, 1.54) is 23.8 Å². The molecular formula is C22H26N2O. The molecule has 3 rings (SSSR count). The highest BCUT2D eigenvalue weighted by Gasteiger charge is 2.22. The predicted molar refractivity (Wildman–Crippen MR) is 105 cm³/mol. The molecule has 0 N–H and O–H groups in total. The molecule has 0 saturated carbocycles. The summed E-state index contributed by atoms with van der Waals surface area (Å²) in [6.45, 7) is 2.22. The van der Waals surface area contributed by atoms with Crippen molar-refractivity contribution < 1.29 is 4.79 Å². The highest BCUT2D eigenvalue weighted by Crippen LogP contribution is 2.35. The summed E-state index contributed by atoms with van der Waals surface area (Å²) in [5, 5.41) is 1.19. The van der Waals surface area contributed by atoms with Gasteiger partial charge < -0.3 is 4.90 Å². The number of unbranched alkanes of at least 4 members (excludes halogenated alkanes) is 2. The van der Waals surface area contributed by atoms with Crippen LogP contribution >= 0.6 is 0 Å². The molecule has 3 nitrogen and oxygen atoms in total. The van der Waals surface area contributed by atoms with Crippen LogP contribution in [0, 0.1) is 0 Å². The molecule has 0 unspecified atom stereocenters. The lowest BCUT2D eigenvalue weighted by molar-refractivity contribution is 0.220. The van der Waals surface area contributed by atoms with E-state index in [1.807, 2.05) is 49.0 Å². The lowest BCUT2D eigenvalue weighted by Crippen LogP contribution is -2.27. The molecule has 3 heteroatoms. The van der Waals surface area contributed by atoms with Gasteiger partial charge in [0.1, 0.15) is 0 Å². The molecule has 0 aliphatic rings. The smallest absolute Gasteiger partial charge is 0.328 e. The van der Waals surface area contributed by atoms with Gasteiger partial charge in [0.2, 0.25) is 0 Å². The van der Waals surface area contributed by atoms with Gasteiger partial charge in [-0.05, 0) is 30.0 Å². The van der Waals surface area contributed by atoms with Crippen molar-refractivity contribution in [3.8, 4) is 11.3 Å². The second kappa shape index (κ2) is 7.56. The molecule has 0 aliphatic carbocycles. The zero-order valence-corrected chi connectivity index (χ0v) is 15.3. The lowest BCUT2D eigenvalue weighted by atomic mass is 10.00. The number of carbonyl (C=O) groups is 1. The SMILES string of the molecule is CCCCCc1c(-c2ccccc2)n(C(=O)N(C)C)c2ccccc12. The number of benzene rings is 2. The van der Waals surface area contributed by atoms with Crippen LogP contribution in [0.1, 0.15) is 31.7 Å². The highest BCUT2D eigenvalue weighted by molar-refractivity contribution is 6.00. The van der Waals surface area contributed by atoms with E-state index in [0.29, 0.717) is 0 Å². The molecule has 0 saturated heterocycles. The summed E-state index contributed by atoms with van der Waals surface area (Å²) in [4.78, 5) is 14.6. The van der Waals surface area contributed by atoms with Crippen LogP contribution in [0.3, 0.4) is 0 Å². The zero-order valence-electron chi connectivity index (χ0n) is 15.3. The average molecular weight is 334 g/mol. The zero-order chi connectivity index (χ0) is 17.8. The maximum atomic E-state index is 13.0. The third kappa shape index (κ3) is 3.32. The fourth-order valence-electron chi connectivity index (χ4n) is 3.41. The number of para-hydroxylation sites is 1. The molecule has 0 fully saturated rings. The summed E-state index contributed by atoms with van der Waals surface area (Å²) in [6.07, 6.45) is 4.53. The van der Waals surface area contributed by atoms with E-state index < -0.39 is 0 Å². The number of amides is 1. The Labute approximate surface area is 149 Å². The van der Waals surface area contributed by atoms with E-state index in [9.17, 15) is 4.79 Å². The van der Waals surface area contributed by atoms with Crippen LogP contribution in [0.2, 0.25) is 0 Å². The Bertz CT molecular complexity index is 862. The molecule has 25 heavy (non-hydrogen) atoms. The molecule has 0 radical (unpaired) electrons. The van der Waals surface area contributed by atoms with Crippen molar-refractivity contribution in [1.82, 2.24) is 9.47 Å². The molecule has 0 atom stereocenters. The second-order valence-electron chi connectivity index (χ2n) is 6.68. The Kier molecular flexibility index (Phi) is 5.22. The monoisotopic (exact) mass is 334 g/mol. The van der Waals surface area contributed by atoms with E-state index in [2.05, 4.69) is 31.2 Å². The van der Waals surface area contributed by atoms with E-state index in [4.69, 9.17) is 0 Å². The van der Waals surface area contributed by atoms with Crippen molar-refractivity contribution in [3.63, 3.8) is 0 Å². The number of aryl methyl sites for hydroxylation is 1. The molecule has 0 aliphatic heterocycles. The molecular weight excluding hydrogens is 308 g/mol. The maximum Gasteiger partial charge on any atom is 0.328 e. The largest absolute Gasteiger partial charge is 0.330 e. The summed E-state index contributed by atoms with van der Waals surface area (Å²) >= 11 is 0. The van der Waals surface area contributed by atoms with Crippen molar-refractivity contribution >= 4 is 16.9 Å². The normalized spacial score (nSPS) is 11.0. The highest BCUT2D eigenvalue weighted by atomic mass is 16.2. The fraction of sp³-hybridized carbons (Fsp3) is 0.318. The van der Waals surface area contributed by atoms with E-state index >= 15 is 0 Å². The number of carbonyl (C=O) groups excluding carboxylic acids is 1. The molecule has 0 bridgehead atoms. The number of hydrogen-bond donors (Lipinski definition) is 0. The number of fused-ring (bicyclic) bond motifs is 1. The van der Waals surface area contributed by atoms with Crippen LogP contribution in [0.5, 0.6) is 0 Å². The summed E-state index contributed by atoms with van der Waals surface area (Å²) in [6, 6.07) is 18.5. The van der Waals surface area contributed by atoms with Crippen molar-refractivity contribution in [3.05, 3.63) is 60.2 Å². The molecule has 130 valence electrons. The van der Waals surface area contributed by atoms with Gasteiger partial charge >= 0.3 is 6.03 Å². The number of nitrogens with zero attached hydrogens (tertiary/aromatic N) is 2. The van der Waals surface area contributed by atoms with Crippen molar-refractivity contribution in [2.75, 3.05) is 14.1 Å². The second-order valence-corrected chi connectivity index (χ2v) is 6.68. The van der Waals surface area contributed by atoms with Crippen molar-refractivity contribution in [1.29, 1.82) is 0 Å². The van der Waals surface area contributed by atoms with Gasteiger partial charge in [-0.1, -0.05) is 68.3 Å². The lowest BCUT2D eigenvalue weighted by Gasteiger charge is -2.16. The van der Waals surface area contributed by atoms with Crippen LogP contribution in [-0.4, -0.2) is 29.6 Å². The van der Waals surface area contributed by atoms with E-state index in [1.54, 1.807) is 4.90 Å².